The molecule has 0 amide bonds. The average Bonchev–Trinajstić information content (AvgIpc) is 2.47. The van der Waals surface area contributed by atoms with E-state index >= 15 is 0 Å². The number of nitrogens with zero attached hydrogens (tertiary/aromatic N) is 2. The van der Waals surface area contributed by atoms with Crippen LogP contribution in [0.1, 0.15) is 19.7 Å². The molecule has 1 heterocycles. The minimum absolute atomic E-state index is 1.03. The summed E-state index contributed by atoms with van der Waals surface area (Å²) in [5.74, 6) is 1.18. The Labute approximate surface area is 80.1 Å². The molecule has 0 aliphatic heterocycles. The molecule has 0 aliphatic carbocycles. The lowest BCUT2D eigenvalue weighted by molar-refractivity contribution is 0.368. The van der Waals surface area contributed by atoms with E-state index in [0.717, 1.165) is 13.0 Å². The molecule has 1 aromatic rings. The first kappa shape index (κ1) is 13.0. The number of hydrogen-bond donors (Lipinski definition) is 0. The lowest BCUT2D eigenvalue weighted by Crippen LogP contribution is -2.02. The third-order valence-corrected chi connectivity index (χ3v) is 1.46. The number of hydrogen-bond acceptors (Lipinski definition) is 1. The summed E-state index contributed by atoms with van der Waals surface area (Å²) < 4.78 is 41.2. The standard InChI is InChI=1S/C7H12N2.BF4/c1-3-7-8-5-6-9(7)4-2;2-1(3,4)5/h5-6H,3-4H2,1-2H3;/q;-1. The van der Waals surface area contributed by atoms with Gasteiger partial charge in [-0.2, -0.15) is 0 Å². The first-order chi connectivity index (χ1) is 6.38. The molecular weight excluding hydrogens is 199 g/mol. The second kappa shape index (κ2) is 5.67. The van der Waals surface area contributed by atoms with Crippen molar-refractivity contribution in [2.75, 3.05) is 0 Å². The SMILES string of the molecule is CCc1nccn1CC.F[B-](F)(F)F. The zero-order chi connectivity index (χ0) is 11.2. The summed E-state index contributed by atoms with van der Waals surface area (Å²) >= 11 is 0. The van der Waals surface area contributed by atoms with E-state index in [1.165, 1.54) is 5.82 Å². The molecule has 0 fully saturated rings. The summed E-state index contributed by atoms with van der Waals surface area (Å²) in [7, 11) is -6.00. The Morgan fingerprint density at radius 1 is 1.29 bits per heavy atom. The van der Waals surface area contributed by atoms with E-state index in [1.54, 1.807) is 0 Å². The summed E-state index contributed by atoms with van der Waals surface area (Å²) in [4.78, 5) is 4.17. The summed E-state index contributed by atoms with van der Waals surface area (Å²) in [5.41, 5.74) is 0. The highest BCUT2D eigenvalue weighted by Gasteiger charge is 2.20. The first-order valence-electron chi connectivity index (χ1n) is 4.25. The van der Waals surface area contributed by atoms with Crippen LogP contribution < -0.4 is 0 Å². The highest BCUT2D eigenvalue weighted by atomic mass is 19.5. The van der Waals surface area contributed by atoms with Crippen LogP contribution in [0.2, 0.25) is 0 Å². The van der Waals surface area contributed by atoms with E-state index in [2.05, 4.69) is 23.4 Å². The van der Waals surface area contributed by atoms with Gasteiger partial charge in [-0.25, -0.2) is 4.98 Å². The zero-order valence-electron chi connectivity index (χ0n) is 8.05. The van der Waals surface area contributed by atoms with Gasteiger partial charge in [-0.3, -0.25) is 0 Å². The molecule has 0 spiro atoms. The van der Waals surface area contributed by atoms with Crippen molar-refractivity contribution < 1.29 is 17.3 Å². The van der Waals surface area contributed by atoms with Crippen molar-refractivity contribution in [3.63, 3.8) is 0 Å². The fraction of sp³-hybridized carbons (Fsp3) is 0.571. The lowest BCUT2D eigenvalue weighted by Gasteiger charge is -1.98. The predicted octanol–water partition coefficient (Wildman–Crippen LogP) is 2.77. The Hall–Kier alpha value is -1.01. The van der Waals surface area contributed by atoms with Crippen molar-refractivity contribution >= 4 is 7.25 Å². The lowest BCUT2D eigenvalue weighted by atomic mass is 10.3. The quantitative estimate of drug-likeness (QED) is 0.543. The molecule has 2 nitrogen and oxygen atoms in total. The number of aromatic nitrogens is 2. The molecule has 0 saturated heterocycles. The van der Waals surface area contributed by atoms with Crippen molar-refractivity contribution in [1.29, 1.82) is 0 Å². The van der Waals surface area contributed by atoms with Crippen molar-refractivity contribution in [1.82, 2.24) is 9.55 Å². The summed E-state index contributed by atoms with van der Waals surface area (Å²) in [6.07, 6.45) is 4.89. The Balaban J connectivity index is 0.000000292. The summed E-state index contributed by atoms with van der Waals surface area (Å²) in [6, 6.07) is 0. The molecule has 14 heavy (non-hydrogen) atoms. The Kier molecular flexibility index (Phi) is 5.26. The van der Waals surface area contributed by atoms with Gasteiger partial charge in [0, 0.05) is 25.4 Å². The fourth-order valence-corrected chi connectivity index (χ4v) is 0.942. The summed E-state index contributed by atoms with van der Waals surface area (Å²) in [6.45, 7) is 5.28. The number of aryl methyl sites for hydroxylation is 2. The normalized spacial score (nSPS) is 10.7. The molecule has 0 atom stereocenters. The molecule has 0 aliphatic rings. The van der Waals surface area contributed by atoms with Gasteiger partial charge in [-0.1, -0.05) is 6.92 Å². The van der Waals surface area contributed by atoms with Gasteiger partial charge in [0.1, 0.15) is 5.82 Å². The minimum atomic E-state index is -6.00. The predicted molar refractivity (Wildman–Crippen MR) is 47.5 cm³/mol. The van der Waals surface area contributed by atoms with Gasteiger partial charge in [0.25, 0.3) is 0 Å². The van der Waals surface area contributed by atoms with Gasteiger partial charge < -0.3 is 21.8 Å². The molecule has 0 N–H and O–H groups in total. The Morgan fingerprint density at radius 2 is 1.79 bits per heavy atom. The van der Waals surface area contributed by atoms with Crippen LogP contribution in [0.5, 0.6) is 0 Å². The van der Waals surface area contributed by atoms with Gasteiger partial charge in [-0.05, 0) is 6.92 Å². The van der Waals surface area contributed by atoms with Crippen LogP contribution in [0.3, 0.4) is 0 Å². The Morgan fingerprint density at radius 3 is 2.07 bits per heavy atom. The van der Waals surface area contributed by atoms with Crippen LogP contribution in [0, 0.1) is 0 Å². The second-order valence-corrected chi connectivity index (χ2v) is 2.48. The zero-order valence-corrected chi connectivity index (χ0v) is 8.05. The third kappa shape index (κ3) is 6.50. The van der Waals surface area contributed by atoms with E-state index < -0.39 is 7.25 Å². The van der Waals surface area contributed by atoms with Gasteiger partial charge in [0.2, 0.25) is 0 Å². The maximum absolute atomic E-state index is 9.75. The topological polar surface area (TPSA) is 17.8 Å². The smallest absolute Gasteiger partial charge is 0.418 e. The number of imidazole rings is 1. The average molecular weight is 211 g/mol. The van der Waals surface area contributed by atoms with E-state index in [1.807, 2.05) is 12.4 Å². The molecular formula is C7H12BF4N2-. The highest BCUT2D eigenvalue weighted by molar-refractivity contribution is 6.50. The van der Waals surface area contributed by atoms with Gasteiger partial charge in [-0.15, -0.1) is 0 Å². The van der Waals surface area contributed by atoms with Crippen molar-refractivity contribution in [3.8, 4) is 0 Å². The van der Waals surface area contributed by atoms with Crippen LogP contribution >= 0.6 is 0 Å². The van der Waals surface area contributed by atoms with E-state index in [0.29, 0.717) is 0 Å². The number of halogens is 4. The maximum Gasteiger partial charge on any atom is 0.673 e. The summed E-state index contributed by atoms with van der Waals surface area (Å²) in [5, 5.41) is 0. The highest BCUT2D eigenvalue weighted by Crippen LogP contribution is 2.06. The van der Waals surface area contributed by atoms with E-state index in [4.69, 9.17) is 0 Å². The largest absolute Gasteiger partial charge is 0.673 e. The van der Waals surface area contributed by atoms with Crippen LogP contribution in [-0.2, 0) is 13.0 Å². The van der Waals surface area contributed by atoms with E-state index in [-0.39, 0.29) is 0 Å². The molecule has 0 radical (unpaired) electrons. The van der Waals surface area contributed by atoms with Crippen molar-refractivity contribution in [2.45, 2.75) is 26.8 Å². The fourth-order valence-electron chi connectivity index (χ4n) is 0.942. The van der Waals surface area contributed by atoms with Crippen molar-refractivity contribution in [3.05, 3.63) is 18.2 Å². The van der Waals surface area contributed by atoms with Crippen LogP contribution in [0.15, 0.2) is 12.4 Å². The van der Waals surface area contributed by atoms with Gasteiger partial charge >= 0.3 is 7.25 Å². The molecule has 0 saturated carbocycles. The van der Waals surface area contributed by atoms with Crippen LogP contribution in [0.25, 0.3) is 0 Å². The minimum Gasteiger partial charge on any atom is -0.418 e. The molecule has 7 heteroatoms. The Bertz CT molecular complexity index is 234. The third-order valence-electron chi connectivity index (χ3n) is 1.46. The molecule has 0 aromatic carbocycles. The molecule has 1 rings (SSSR count). The van der Waals surface area contributed by atoms with Gasteiger partial charge in [0.05, 0.1) is 0 Å². The molecule has 0 bridgehead atoms. The monoisotopic (exact) mass is 211 g/mol. The first-order valence-corrected chi connectivity index (χ1v) is 4.25. The van der Waals surface area contributed by atoms with Crippen LogP contribution in [-0.4, -0.2) is 16.8 Å². The van der Waals surface area contributed by atoms with Crippen molar-refractivity contribution in [2.24, 2.45) is 0 Å². The molecule has 0 unspecified atom stereocenters. The maximum atomic E-state index is 9.75. The van der Waals surface area contributed by atoms with Gasteiger partial charge in [0.15, 0.2) is 0 Å². The van der Waals surface area contributed by atoms with E-state index in [9.17, 15) is 17.3 Å². The number of rotatable bonds is 2. The molecule has 1 aromatic heterocycles. The van der Waals surface area contributed by atoms with Crippen LogP contribution in [0.4, 0.5) is 17.3 Å². The second-order valence-electron chi connectivity index (χ2n) is 2.48. The molecule has 82 valence electrons.